The summed E-state index contributed by atoms with van der Waals surface area (Å²) in [6, 6.07) is 11.0. The van der Waals surface area contributed by atoms with Gasteiger partial charge >= 0.3 is 0 Å². The average molecular weight is 281 g/mol. The predicted octanol–water partition coefficient (Wildman–Crippen LogP) is 2.60. The largest absolute Gasteiger partial charge is 0.508 e. The Morgan fingerprint density at radius 2 is 2.10 bits per heavy atom. The molecular formula is C16H15N3O2. The smallest absolute Gasteiger partial charge is 0.269 e. The first kappa shape index (κ1) is 13.2. The topological polar surface area (TPSA) is 92.0 Å². The summed E-state index contributed by atoms with van der Waals surface area (Å²) >= 11 is 0. The number of aromatic nitrogens is 2. The summed E-state index contributed by atoms with van der Waals surface area (Å²) in [6.45, 7) is 2.04. The Hall–Kier alpha value is -2.82. The van der Waals surface area contributed by atoms with E-state index in [0.29, 0.717) is 5.39 Å². The SMILES string of the molecule is CCc1cc(O)ccc1-c1ccc2c(C(N)=O)n[nH]c2c1. The van der Waals surface area contributed by atoms with Gasteiger partial charge in [-0.1, -0.05) is 19.1 Å². The second-order valence-electron chi connectivity index (χ2n) is 4.89. The van der Waals surface area contributed by atoms with Gasteiger partial charge in [-0.25, -0.2) is 0 Å². The number of aromatic amines is 1. The predicted molar refractivity (Wildman–Crippen MR) is 81.1 cm³/mol. The van der Waals surface area contributed by atoms with Crippen LogP contribution in [0.4, 0.5) is 0 Å². The fourth-order valence-corrected chi connectivity index (χ4v) is 2.53. The van der Waals surface area contributed by atoms with Crippen molar-refractivity contribution >= 4 is 16.8 Å². The lowest BCUT2D eigenvalue weighted by Crippen LogP contribution is -2.11. The minimum absolute atomic E-state index is 0.248. The van der Waals surface area contributed by atoms with Crippen molar-refractivity contribution in [3.63, 3.8) is 0 Å². The van der Waals surface area contributed by atoms with Gasteiger partial charge in [-0.05, 0) is 47.4 Å². The van der Waals surface area contributed by atoms with E-state index in [9.17, 15) is 9.90 Å². The Bertz CT molecular complexity index is 837. The quantitative estimate of drug-likeness (QED) is 0.689. The van der Waals surface area contributed by atoms with Gasteiger partial charge in [0.25, 0.3) is 5.91 Å². The fraction of sp³-hybridized carbons (Fsp3) is 0.125. The molecule has 0 unspecified atom stereocenters. The van der Waals surface area contributed by atoms with Crippen molar-refractivity contribution in [1.29, 1.82) is 0 Å². The maximum absolute atomic E-state index is 11.3. The number of hydrogen-bond donors (Lipinski definition) is 3. The van der Waals surface area contributed by atoms with E-state index in [1.807, 2.05) is 31.2 Å². The van der Waals surface area contributed by atoms with Crippen molar-refractivity contribution in [2.45, 2.75) is 13.3 Å². The zero-order chi connectivity index (χ0) is 15.0. The van der Waals surface area contributed by atoms with Crippen LogP contribution in [0.25, 0.3) is 22.0 Å². The van der Waals surface area contributed by atoms with Gasteiger partial charge in [-0.2, -0.15) is 5.10 Å². The van der Waals surface area contributed by atoms with Gasteiger partial charge in [-0.15, -0.1) is 0 Å². The number of primary amides is 1. The highest BCUT2D eigenvalue weighted by Gasteiger charge is 2.12. The number of rotatable bonds is 3. The molecule has 0 fully saturated rings. The number of H-pyrrole nitrogens is 1. The summed E-state index contributed by atoms with van der Waals surface area (Å²) in [5.41, 5.74) is 9.40. The van der Waals surface area contributed by atoms with E-state index in [1.165, 1.54) is 0 Å². The number of amides is 1. The second kappa shape index (κ2) is 4.94. The number of nitrogens with zero attached hydrogens (tertiary/aromatic N) is 1. The number of nitrogens with two attached hydrogens (primary N) is 1. The van der Waals surface area contributed by atoms with Crippen molar-refractivity contribution in [1.82, 2.24) is 10.2 Å². The van der Waals surface area contributed by atoms with Crippen LogP contribution in [0.15, 0.2) is 36.4 Å². The molecule has 0 aliphatic heterocycles. The van der Waals surface area contributed by atoms with Crippen LogP contribution in [0.2, 0.25) is 0 Å². The molecule has 0 atom stereocenters. The summed E-state index contributed by atoms with van der Waals surface area (Å²) in [5, 5.41) is 17.1. The van der Waals surface area contributed by atoms with Crippen LogP contribution in [0.5, 0.6) is 5.75 Å². The molecule has 5 nitrogen and oxygen atoms in total. The summed E-state index contributed by atoms with van der Waals surface area (Å²) in [4.78, 5) is 11.3. The standard InChI is InChI=1S/C16H15N3O2/c1-2-9-7-11(20)4-6-12(9)10-3-5-13-14(8-10)18-19-15(13)16(17)21/h3-8,20H,2H2,1H3,(H2,17,21)(H,18,19). The molecular weight excluding hydrogens is 266 g/mol. The third kappa shape index (κ3) is 2.23. The lowest BCUT2D eigenvalue weighted by Gasteiger charge is -2.09. The van der Waals surface area contributed by atoms with Crippen molar-refractivity contribution in [3.8, 4) is 16.9 Å². The van der Waals surface area contributed by atoms with Gasteiger partial charge in [-0.3, -0.25) is 9.89 Å². The Morgan fingerprint density at radius 1 is 1.29 bits per heavy atom. The van der Waals surface area contributed by atoms with Crippen LogP contribution < -0.4 is 5.73 Å². The molecule has 1 amide bonds. The summed E-state index contributed by atoms with van der Waals surface area (Å²) < 4.78 is 0. The first-order valence-corrected chi connectivity index (χ1v) is 6.70. The van der Waals surface area contributed by atoms with E-state index >= 15 is 0 Å². The lowest BCUT2D eigenvalue weighted by atomic mass is 9.97. The van der Waals surface area contributed by atoms with Crippen LogP contribution in [-0.2, 0) is 6.42 Å². The summed E-state index contributed by atoms with van der Waals surface area (Å²) in [5.74, 6) is -0.290. The highest BCUT2D eigenvalue weighted by atomic mass is 16.3. The number of aromatic hydroxyl groups is 1. The normalized spacial score (nSPS) is 10.9. The molecule has 2 aromatic carbocycles. The number of fused-ring (bicyclic) bond motifs is 1. The molecule has 0 saturated heterocycles. The van der Waals surface area contributed by atoms with Crippen molar-refractivity contribution in [2.75, 3.05) is 0 Å². The molecule has 0 radical (unpaired) electrons. The molecule has 0 spiro atoms. The fourth-order valence-electron chi connectivity index (χ4n) is 2.53. The minimum atomic E-state index is -0.548. The average Bonchev–Trinajstić information content (AvgIpc) is 2.90. The molecule has 3 aromatic rings. The van der Waals surface area contributed by atoms with Crippen LogP contribution in [0.3, 0.4) is 0 Å². The Kier molecular flexibility index (Phi) is 3.10. The summed E-state index contributed by atoms with van der Waals surface area (Å²) in [7, 11) is 0. The molecule has 3 rings (SSSR count). The molecule has 1 heterocycles. The van der Waals surface area contributed by atoms with Crippen LogP contribution >= 0.6 is 0 Å². The highest BCUT2D eigenvalue weighted by molar-refractivity contribution is 6.04. The van der Waals surface area contributed by atoms with Crippen LogP contribution in [0, 0.1) is 0 Å². The number of nitrogens with one attached hydrogen (secondary N) is 1. The minimum Gasteiger partial charge on any atom is -0.508 e. The first-order valence-electron chi connectivity index (χ1n) is 6.70. The van der Waals surface area contributed by atoms with Gasteiger partial charge in [0, 0.05) is 5.39 Å². The van der Waals surface area contributed by atoms with E-state index in [-0.39, 0.29) is 11.4 Å². The van der Waals surface area contributed by atoms with Gasteiger partial charge in [0.1, 0.15) is 5.75 Å². The molecule has 1 aromatic heterocycles. The molecule has 0 aliphatic rings. The number of aryl methyl sites for hydroxylation is 1. The number of phenols is 1. The zero-order valence-electron chi connectivity index (χ0n) is 11.6. The maximum Gasteiger partial charge on any atom is 0.269 e. The molecule has 5 heteroatoms. The zero-order valence-corrected chi connectivity index (χ0v) is 11.6. The number of phenolic OH excluding ortho intramolecular Hbond substituents is 1. The number of benzene rings is 2. The molecule has 0 bridgehead atoms. The summed E-state index contributed by atoms with van der Waals surface area (Å²) in [6.07, 6.45) is 0.817. The Labute approximate surface area is 121 Å². The Balaban J connectivity index is 2.16. The molecule has 0 saturated carbocycles. The lowest BCUT2D eigenvalue weighted by molar-refractivity contribution is 0.0997. The van der Waals surface area contributed by atoms with E-state index in [4.69, 9.17) is 5.73 Å². The molecule has 4 N–H and O–H groups in total. The number of carbonyl (C=O) groups excluding carboxylic acids is 1. The maximum atomic E-state index is 11.3. The van der Waals surface area contributed by atoms with Crippen LogP contribution in [0.1, 0.15) is 23.0 Å². The molecule has 106 valence electrons. The third-order valence-corrected chi connectivity index (χ3v) is 3.58. The van der Waals surface area contributed by atoms with Gasteiger partial charge < -0.3 is 10.8 Å². The van der Waals surface area contributed by atoms with E-state index in [0.717, 1.165) is 28.6 Å². The van der Waals surface area contributed by atoms with Gasteiger partial charge in [0.05, 0.1) is 5.52 Å². The number of hydrogen-bond acceptors (Lipinski definition) is 3. The first-order chi connectivity index (χ1) is 10.1. The van der Waals surface area contributed by atoms with Crippen molar-refractivity contribution < 1.29 is 9.90 Å². The molecule has 0 aliphatic carbocycles. The third-order valence-electron chi connectivity index (χ3n) is 3.58. The van der Waals surface area contributed by atoms with E-state index in [2.05, 4.69) is 10.2 Å². The van der Waals surface area contributed by atoms with E-state index in [1.54, 1.807) is 12.1 Å². The van der Waals surface area contributed by atoms with E-state index < -0.39 is 5.91 Å². The van der Waals surface area contributed by atoms with Crippen molar-refractivity contribution in [3.05, 3.63) is 47.7 Å². The monoisotopic (exact) mass is 281 g/mol. The molecule has 21 heavy (non-hydrogen) atoms. The van der Waals surface area contributed by atoms with Crippen LogP contribution in [-0.4, -0.2) is 21.2 Å². The van der Waals surface area contributed by atoms with Gasteiger partial charge in [0.15, 0.2) is 5.69 Å². The second-order valence-corrected chi connectivity index (χ2v) is 4.89. The Morgan fingerprint density at radius 3 is 2.81 bits per heavy atom. The van der Waals surface area contributed by atoms with Crippen molar-refractivity contribution in [2.24, 2.45) is 5.73 Å². The highest BCUT2D eigenvalue weighted by Crippen LogP contribution is 2.30. The van der Waals surface area contributed by atoms with Gasteiger partial charge in [0.2, 0.25) is 0 Å². The number of carbonyl (C=O) groups is 1.